The molecule has 10 heteroatoms. The van der Waals surface area contributed by atoms with Crippen LogP contribution in [0.1, 0.15) is 32.9 Å². The Balaban J connectivity index is 1.64. The summed E-state index contributed by atoms with van der Waals surface area (Å²) in [7, 11) is 1.66. The lowest BCUT2D eigenvalue weighted by molar-refractivity contribution is -0.112. The van der Waals surface area contributed by atoms with E-state index in [0.29, 0.717) is 24.2 Å². The molecular formula is C28H24N6O4. The lowest BCUT2D eigenvalue weighted by Gasteiger charge is -2.19. The highest BCUT2D eigenvalue weighted by Crippen LogP contribution is 2.21. The Labute approximate surface area is 218 Å². The van der Waals surface area contributed by atoms with E-state index in [-0.39, 0.29) is 28.7 Å². The molecule has 0 saturated carbocycles. The van der Waals surface area contributed by atoms with Crippen LogP contribution in [0.2, 0.25) is 0 Å². The van der Waals surface area contributed by atoms with Gasteiger partial charge in [0, 0.05) is 18.9 Å². The number of nitrogens with one attached hydrogen (secondary N) is 1. The fraction of sp³-hybridized carbons (Fsp3) is 0.143. The second-order valence-corrected chi connectivity index (χ2v) is 8.32. The summed E-state index contributed by atoms with van der Waals surface area (Å²) in [5.74, 6) is -1.67. The maximum absolute atomic E-state index is 13.4. The van der Waals surface area contributed by atoms with Crippen molar-refractivity contribution < 1.29 is 19.2 Å². The highest BCUT2D eigenvalue weighted by molar-refractivity contribution is 6.10. The van der Waals surface area contributed by atoms with Gasteiger partial charge in [-0.1, -0.05) is 53.7 Å². The summed E-state index contributed by atoms with van der Waals surface area (Å²) in [5.41, 5.74) is 2.01. The normalized spacial score (nSPS) is 11.3. The van der Waals surface area contributed by atoms with Crippen LogP contribution in [-0.4, -0.2) is 39.1 Å². The summed E-state index contributed by atoms with van der Waals surface area (Å²) < 4.78 is 4.90. The number of para-hydroxylation sites is 1. The number of carbonyl (C=O) groups excluding carboxylic acids is 2. The summed E-state index contributed by atoms with van der Waals surface area (Å²) in [6.45, 7) is 1.54. The van der Waals surface area contributed by atoms with Crippen molar-refractivity contribution in [3.8, 4) is 6.07 Å². The van der Waals surface area contributed by atoms with E-state index in [9.17, 15) is 20.0 Å². The summed E-state index contributed by atoms with van der Waals surface area (Å²) >= 11 is 0. The Morgan fingerprint density at radius 3 is 2.34 bits per heavy atom. The van der Waals surface area contributed by atoms with Gasteiger partial charge in [-0.05, 0) is 37.5 Å². The van der Waals surface area contributed by atoms with Crippen LogP contribution in [0.3, 0.4) is 0 Å². The zero-order valence-corrected chi connectivity index (χ0v) is 20.8. The summed E-state index contributed by atoms with van der Waals surface area (Å²) in [6, 6.07) is 20.6. The van der Waals surface area contributed by atoms with Crippen molar-refractivity contribution in [2.75, 3.05) is 17.3 Å². The molecular weight excluding hydrogens is 484 g/mol. The third kappa shape index (κ3) is 5.74. The number of aliphatic hydroxyl groups is 1. The zero-order chi connectivity index (χ0) is 27.1. The number of nitrogens with zero attached hydrogens (tertiary/aromatic N) is 5. The van der Waals surface area contributed by atoms with Gasteiger partial charge in [0.15, 0.2) is 11.3 Å². The number of aromatic nitrogens is 3. The maximum Gasteiger partial charge on any atom is 0.272 e. The molecule has 4 rings (SSSR count). The number of hydrogen-bond donors (Lipinski definition) is 2. The van der Waals surface area contributed by atoms with E-state index in [1.165, 1.54) is 24.2 Å². The van der Waals surface area contributed by atoms with Crippen LogP contribution in [0.25, 0.3) is 5.76 Å². The van der Waals surface area contributed by atoms with Crippen molar-refractivity contribution in [3.05, 3.63) is 107 Å². The third-order valence-electron chi connectivity index (χ3n) is 5.85. The summed E-state index contributed by atoms with van der Waals surface area (Å²) in [4.78, 5) is 36.3. The number of carbonyl (C=O) groups is 2. The van der Waals surface area contributed by atoms with Crippen LogP contribution < -0.4 is 10.2 Å². The fourth-order valence-corrected chi connectivity index (χ4v) is 3.74. The van der Waals surface area contributed by atoms with E-state index in [4.69, 9.17) is 4.52 Å². The minimum absolute atomic E-state index is 0.112. The molecule has 0 radical (unpaired) electrons. The molecule has 4 aromatic rings. The first-order valence-corrected chi connectivity index (χ1v) is 11.7. The first-order valence-electron chi connectivity index (χ1n) is 11.7. The number of benzene rings is 2. The molecule has 2 N–H and O–H groups in total. The zero-order valence-electron chi connectivity index (χ0n) is 20.8. The van der Waals surface area contributed by atoms with Crippen LogP contribution in [0, 0.1) is 18.3 Å². The van der Waals surface area contributed by atoms with E-state index in [1.807, 2.05) is 60.7 Å². The molecule has 0 aliphatic carbocycles. The number of aliphatic hydroxyl groups excluding tert-OH is 1. The monoisotopic (exact) mass is 508 g/mol. The van der Waals surface area contributed by atoms with E-state index in [1.54, 1.807) is 13.1 Å². The van der Waals surface area contributed by atoms with Crippen LogP contribution in [0.5, 0.6) is 0 Å². The Morgan fingerprint density at radius 1 is 1.03 bits per heavy atom. The van der Waals surface area contributed by atoms with Crippen LogP contribution in [0.4, 0.5) is 11.6 Å². The van der Waals surface area contributed by atoms with Crippen molar-refractivity contribution in [2.24, 2.45) is 0 Å². The number of nitriles is 1. The van der Waals surface area contributed by atoms with Crippen molar-refractivity contribution in [1.29, 1.82) is 5.26 Å². The quantitative estimate of drug-likeness (QED) is 0.204. The molecule has 0 aliphatic rings. The van der Waals surface area contributed by atoms with Gasteiger partial charge >= 0.3 is 0 Å². The van der Waals surface area contributed by atoms with Gasteiger partial charge in [0.25, 0.3) is 11.8 Å². The van der Waals surface area contributed by atoms with Gasteiger partial charge < -0.3 is 14.5 Å². The lowest BCUT2D eigenvalue weighted by Crippen LogP contribution is -2.28. The molecule has 0 unspecified atom stereocenters. The van der Waals surface area contributed by atoms with Crippen molar-refractivity contribution >= 4 is 29.2 Å². The average molecular weight is 509 g/mol. The predicted molar refractivity (Wildman–Crippen MR) is 140 cm³/mol. The predicted octanol–water partition coefficient (Wildman–Crippen LogP) is 4.27. The van der Waals surface area contributed by atoms with Crippen LogP contribution in [0.15, 0.2) is 83.2 Å². The Morgan fingerprint density at radius 2 is 1.71 bits per heavy atom. The second-order valence-electron chi connectivity index (χ2n) is 8.32. The van der Waals surface area contributed by atoms with E-state index in [0.717, 1.165) is 5.56 Å². The van der Waals surface area contributed by atoms with Gasteiger partial charge in [0.1, 0.15) is 11.8 Å². The number of hydrogen-bond acceptors (Lipinski definition) is 8. The smallest absolute Gasteiger partial charge is 0.272 e. The number of amides is 2. The molecule has 2 aromatic heterocycles. The van der Waals surface area contributed by atoms with Crippen LogP contribution >= 0.6 is 0 Å². The molecule has 2 amide bonds. The first kappa shape index (κ1) is 25.8. The third-order valence-corrected chi connectivity index (χ3v) is 5.85. The molecule has 2 heterocycles. The highest BCUT2D eigenvalue weighted by Gasteiger charge is 2.23. The summed E-state index contributed by atoms with van der Waals surface area (Å²) in [5, 5.41) is 26.0. The topological polar surface area (TPSA) is 145 Å². The molecule has 190 valence electrons. The van der Waals surface area contributed by atoms with E-state index >= 15 is 0 Å². The molecule has 0 bridgehead atoms. The van der Waals surface area contributed by atoms with Crippen LogP contribution in [-0.2, 0) is 17.6 Å². The summed E-state index contributed by atoms with van der Waals surface area (Å²) in [6.07, 6.45) is 3.55. The molecule has 38 heavy (non-hydrogen) atoms. The Bertz CT molecular complexity index is 1520. The second kappa shape index (κ2) is 11.6. The van der Waals surface area contributed by atoms with Gasteiger partial charge in [0.05, 0.1) is 23.0 Å². The minimum Gasteiger partial charge on any atom is -0.506 e. The van der Waals surface area contributed by atoms with Crippen molar-refractivity contribution in [1.82, 2.24) is 15.1 Å². The molecule has 2 aromatic carbocycles. The Kier molecular flexibility index (Phi) is 7.89. The van der Waals surface area contributed by atoms with Crippen molar-refractivity contribution in [3.63, 3.8) is 0 Å². The molecule has 0 atom stereocenters. The number of anilines is 2. The van der Waals surface area contributed by atoms with Gasteiger partial charge in [-0.25, -0.2) is 9.97 Å². The van der Waals surface area contributed by atoms with Crippen molar-refractivity contribution in [2.45, 2.75) is 19.8 Å². The van der Waals surface area contributed by atoms with E-state index < -0.39 is 17.2 Å². The number of rotatable bonds is 8. The van der Waals surface area contributed by atoms with E-state index in [2.05, 4.69) is 20.4 Å². The average Bonchev–Trinajstić information content (AvgIpc) is 3.38. The SMILES string of the molecule is Cc1oncc1C(O)=C(C#N)C(=O)Nc1ncc(C(=O)N(C)c2ccccc2)c(CCc2ccccc2)n1. The fourth-order valence-electron chi connectivity index (χ4n) is 3.74. The molecule has 10 nitrogen and oxygen atoms in total. The maximum atomic E-state index is 13.4. The van der Waals surface area contributed by atoms with Gasteiger partial charge in [-0.3, -0.25) is 14.9 Å². The number of aryl methyl sites for hydroxylation is 3. The molecule has 0 spiro atoms. The molecule has 0 saturated heterocycles. The van der Waals surface area contributed by atoms with Gasteiger partial charge in [0.2, 0.25) is 5.95 Å². The highest BCUT2D eigenvalue weighted by atomic mass is 16.5. The van der Waals surface area contributed by atoms with Gasteiger partial charge in [-0.2, -0.15) is 5.26 Å². The molecule has 0 aliphatic heterocycles. The first-order chi connectivity index (χ1) is 18.4. The lowest BCUT2D eigenvalue weighted by atomic mass is 10.0. The van der Waals surface area contributed by atoms with Gasteiger partial charge in [-0.15, -0.1) is 0 Å². The minimum atomic E-state index is -0.917. The Hall–Kier alpha value is -5.30. The standard InChI is InChI=1S/C28H24N6O4/c1-18-22(17-31-38-18)25(35)21(15-29)26(36)33-28-30-16-23(27(37)34(2)20-11-7-4-8-12-20)24(32-28)14-13-19-9-5-3-6-10-19/h3-12,16-17,35H,13-14H2,1-2H3,(H,30,32,33,36). The largest absolute Gasteiger partial charge is 0.506 e. The molecule has 0 fully saturated rings.